The molecule has 1 heterocycles. The van der Waals surface area contributed by atoms with Crippen molar-refractivity contribution in [3.05, 3.63) is 35.5 Å². The van der Waals surface area contributed by atoms with Crippen LogP contribution in [0.4, 0.5) is 5.69 Å². The molecule has 21 heavy (non-hydrogen) atoms. The van der Waals surface area contributed by atoms with Crippen molar-refractivity contribution >= 4 is 22.8 Å². The zero-order valence-corrected chi connectivity index (χ0v) is 13.1. The molecule has 0 unspecified atom stereocenters. The molecular weight excluding hydrogens is 256 g/mol. The molecule has 0 radical (unpaired) electrons. The number of hydrogen-bond donors (Lipinski definition) is 0. The lowest BCUT2D eigenvalue weighted by Crippen LogP contribution is -2.06. The van der Waals surface area contributed by atoms with Crippen molar-refractivity contribution in [2.24, 2.45) is 10.9 Å². The van der Waals surface area contributed by atoms with Crippen molar-refractivity contribution in [2.45, 2.75) is 52.4 Å². The fourth-order valence-corrected chi connectivity index (χ4v) is 3.06. The monoisotopic (exact) mass is 280 g/mol. The summed E-state index contributed by atoms with van der Waals surface area (Å²) in [6, 6.07) is 8.42. The molecule has 0 amide bonds. The van der Waals surface area contributed by atoms with Crippen molar-refractivity contribution < 1.29 is 0 Å². The molecule has 0 aliphatic heterocycles. The highest BCUT2D eigenvalue weighted by molar-refractivity contribution is 5.93. The third kappa shape index (κ3) is 3.15. The Hall–Kier alpha value is -1.70. The van der Waals surface area contributed by atoms with Crippen LogP contribution < -0.4 is 0 Å². The van der Waals surface area contributed by atoms with Crippen LogP contribution in [0.25, 0.3) is 10.9 Å². The molecule has 2 heteroatoms. The van der Waals surface area contributed by atoms with Crippen molar-refractivity contribution in [3.63, 3.8) is 0 Å². The van der Waals surface area contributed by atoms with Crippen LogP contribution in [-0.2, 0) is 12.8 Å². The van der Waals surface area contributed by atoms with Gasteiger partial charge in [-0.3, -0.25) is 9.98 Å². The lowest BCUT2D eigenvalue weighted by molar-refractivity contribution is 0.606. The third-order valence-electron chi connectivity index (χ3n) is 4.23. The maximum atomic E-state index is 4.86. The van der Waals surface area contributed by atoms with E-state index in [0.29, 0.717) is 0 Å². The number of fused-ring (bicyclic) bond motifs is 2. The van der Waals surface area contributed by atoms with Crippen LogP contribution in [0.1, 0.15) is 50.8 Å². The smallest absolute Gasteiger partial charge is 0.0769 e. The van der Waals surface area contributed by atoms with E-state index in [-0.39, 0.29) is 0 Å². The summed E-state index contributed by atoms with van der Waals surface area (Å²) in [5, 5.41) is 1.21. The summed E-state index contributed by atoms with van der Waals surface area (Å²) in [4.78, 5) is 9.71. The lowest BCUT2D eigenvalue weighted by Gasteiger charge is -2.18. The molecular formula is C19H24N2. The number of nitrogens with zero attached hydrogens (tertiary/aromatic N) is 2. The molecule has 1 aliphatic carbocycles. The van der Waals surface area contributed by atoms with Gasteiger partial charge in [-0.05, 0) is 56.1 Å². The van der Waals surface area contributed by atoms with E-state index in [9.17, 15) is 0 Å². The molecule has 0 saturated heterocycles. The Morgan fingerprint density at radius 3 is 2.86 bits per heavy atom. The van der Waals surface area contributed by atoms with Crippen LogP contribution in [0.2, 0.25) is 0 Å². The molecule has 1 aromatic heterocycles. The highest BCUT2D eigenvalue weighted by Gasteiger charge is 2.17. The van der Waals surface area contributed by atoms with Crippen molar-refractivity contribution in [1.29, 1.82) is 0 Å². The van der Waals surface area contributed by atoms with Gasteiger partial charge in [0.15, 0.2) is 0 Å². The number of aryl methyl sites for hydroxylation is 1. The van der Waals surface area contributed by atoms with E-state index in [1.807, 2.05) is 0 Å². The molecule has 110 valence electrons. The second-order valence-corrected chi connectivity index (χ2v) is 6.39. The predicted molar refractivity (Wildman–Crippen MR) is 90.6 cm³/mol. The van der Waals surface area contributed by atoms with E-state index in [1.54, 1.807) is 0 Å². The van der Waals surface area contributed by atoms with Crippen molar-refractivity contribution in [3.8, 4) is 0 Å². The van der Waals surface area contributed by atoms with Crippen LogP contribution in [-0.4, -0.2) is 11.2 Å². The molecule has 2 nitrogen and oxygen atoms in total. The van der Waals surface area contributed by atoms with Crippen LogP contribution in [0.15, 0.2) is 29.3 Å². The molecule has 0 bridgehead atoms. The number of rotatable bonds is 4. The van der Waals surface area contributed by atoms with Gasteiger partial charge in [-0.1, -0.05) is 32.0 Å². The number of pyridine rings is 1. The van der Waals surface area contributed by atoms with E-state index >= 15 is 0 Å². The van der Waals surface area contributed by atoms with Crippen LogP contribution in [0.3, 0.4) is 0 Å². The van der Waals surface area contributed by atoms with Gasteiger partial charge in [0.2, 0.25) is 0 Å². The first-order valence-electron chi connectivity index (χ1n) is 8.18. The Kier molecular flexibility index (Phi) is 4.33. The molecule has 0 spiro atoms. The Balaban J connectivity index is 2.01. The van der Waals surface area contributed by atoms with Gasteiger partial charge in [0.25, 0.3) is 0 Å². The third-order valence-corrected chi connectivity index (χ3v) is 4.23. The molecule has 2 aromatic rings. The van der Waals surface area contributed by atoms with Gasteiger partial charge < -0.3 is 0 Å². The van der Waals surface area contributed by atoms with E-state index in [2.05, 4.69) is 44.3 Å². The van der Waals surface area contributed by atoms with Gasteiger partial charge in [-0.15, -0.1) is 0 Å². The first-order valence-corrected chi connectivity index (χ1v) is 8.18. The van der Waals surface area contributed by atoms with E-state index in [1.165, 1.54) is 41.6 Å². The summed E-state index contributed by atoms with van der Waals surface area (Å²) in [6.07, 6.45) is 9.13. The fourth-order valence-electron chi connectivity index (χ4n) is 3.06. The van der Waals surface area contributed by atoms with Gasteiger partial charge in [-0.25, -0.2) is 0 Å². The largest absolute Gasteiger partial charge is 0.260 e. The number of aliphatic imine (C=N–C) groups is 1. The Morgan fingerprint density at radius 2 is 2.00 bits per heavy atom. The fraction of sp³-hybridized carbons (Fsp3) is 0.474. The van der Waals surface area contributed by atoms with Crippen molar-refractivity contribution in [2.75, 3.05) is 0 Å². The minimum atomic E-state index is 0.736. The molecule has 3 rings (SSSR count). The average Bonchev–Trinajstić information content (AvgIpc) is 2.50. The second kappa shape index (κ2) is 6.38. The summed E-state index contributed by atoms with van der Waals surface area (Å²) >= 11 is 0. The topological polar surface area (TPSA) is 25.2 Å². The molecule has 0 saturated carbocycles. The molecule has 0 fully saturated rings. The maximum absolute atomic E-state index is 4.86. The zero-order chi connectivity index (χ0) is 14.7. The second-order valence-electron chi connectivity index (χ2n) is 6.39. The summed E-state index contributed by atoms with van der Waals surface area (Å²) in [5.74, 6) is 0.736. The summed E-state index contributed by atoms with van der Waals surface area (Å²) in [7, 11) is 0. The van der Waals surface area contributed by atoms with Crippen LogP contribution >= 0.6 is 0 Å². The Morgan fingerprint density at radius 1 is 1.19 bits per heavy atom. The van der Waals surface area contributed by atoms with Gasteiger partial charge in [0, 0.05) is 17.3 Å². The van der Waals surface area contributed by atoms with Crippen LogP contribution in [0, 0.1) is 5.92 Å². The standard InChI is InChI=1S/C19H24N2/c1-14(2)8-7-13-20-19-15-9-3-5-11-17(15)21-18-12-6-4-10-16(18)19/h3,5,9,11,13-14H,4,6-8,10,12H2,1-2H3. The van der Waals surface area contributed by atoms with Gasteiger partial charge >= 0.3 is 0 Å². The van der Waals surface area contributed by atoms with E-state index in [4.69, 9.17) is 9.98 Å². The van der Waals surface area contributed by atoms with Gasteiger partial charge in [0.1, 0.15) is 0 Å². The summed E-state index contributed by atoms with van der Waals surface area (Å²) < 4.78 is 0. The normalized spacial score (nSPS) is 15.0. The zero-order valence-electron chi connectivity index (χ0n) is 13.1. The summed E-state index contributed by atoms with van der Waals surface area (Å²) in [6.45, 7) is 4.52. The van der Waals surface area contributed by atoms with Crippen molar-refractivity contribution in [1.82, 2.24) is 4.98 Å². The minimum Gasteiger partial charge on any atom is -0.260 e. The summed E-state index contributed by atoms with van der Waals surface area (Å²) in [5.41, 5.74) is 4.94. The van der Waals surface area contributed by atoms with E-state index < -0.39 is 0 Å². The van der Waals surface area contributed by atoms with Crippen LogP contribution in [0.5, 0.6) is 0 Å². The minimum absolute atomic E-state index is 0.736. The highest BCUT2D eigenvalue weighted by Crippen LogP contribution is 2.35. The Labute approximate surface area is 127 Å². The highest BCUT2D eigenvalue weighted by atomic mass is 14.8. The number of para-hydroxylation sites is 1. The lowest BCUT2D eigenvalue weighted by atomic mass is 9.93. The molecule has 1 aromatic carbocycles. The quantitative estimate of drug-likeness (QED) is 0.702. The van der Waals surface area contributed by atoms with E-state index in [0.717, 1.165) is 30.7 Å². The van der Waals surface area contributed by atoms with Gasteiger partial charge in [0.05, 0.1) is 11.2 Å². The maximum Gasteiger partial charge on any atom is 0.0769 e. The van der Waals surface area contributed by atoms with Gasteiger partial charge in [-0.2, -0.15) is 0 Å². The molecule has 0 atom stereocenters. The number of aromatic nitrogens is 1. The predicted octanol–water partition coefficient (Wildman–Crippen LogP) is 5.25. The Bertz CT molecular complexity index is 656. The first-order chi connectivity index (χ1) is 10.3. The average molecular weight is 280 g/mol. The molecule has 1 aliphatic rings. The number of benzene rings is 1. The first kappa shape index (κ1) is 14.2. The molecule has 0 N–H and O–H groups in total. The number of hydrogen-bond acceptors (Lipinski definition) is 2. The SMILES string of the molecule is CC(C)CCC=Nc1c2c(nc3ccccc13)CCCC2.